The minimum Gasteiger partial charge on any atom is -1.00 e. The van der Waals surface area contributed by atoms with E-state index >= 15 is 0 Å². The summed E-state index contributed by atoms with van der Waals surface area (Å²) in [6.45, 7) is 0. The van der Waals surface area contributed by atoms with Crippen molar-refractivity contribution in [2.24, 2.45) is 5.92 Å². The summed E-state index contributed by atoms with van der Waals surface area (Å²) in [5.41, 5.74) is 3.49. The van der Waals surface area contributed by atoms with Gasteiger partial charge in [-0.2, -0.15) is 0 Å². The quantitative estimate of drug-likeness (QED) is 0.443. The largest absolute Gasteiger partial charge is 1.00 e. The van der Waals surface area contributed by atoms with E-state index in [1.54, 1.807) is 11.1 Å². The summed E-state index contributed by atoms with van der Waals surface area (Å²) >= 11 is 0. The standard InChI is InChI=1S/C10H16Si.Li.H/c11-7-9-6-5-8-3-1-2-4-10(8)9;;/h5-6,9H,1-4,7H2,11H3;;/q;+1;-1. The molecule has 2 aliphatic carbocycles. The average Bonchev–Trinajstić information content (AvgIpc) is 2.47. The summed E-state index contributed by atoms with van der Waals surface area (Å²) in [5.74, 6) is 0.872. The molecular formula is C10H17LiSi. The van der Waals surface area contributed by atoms with Crippen molar-refractivity contribution < 1.29 is 20.3 Å². The van der Waals surface area contributed by atoms with Crippen LogP contribution >= 0.6 is 0 Å². The van der Waals surface area contributed by atoms with E-state index in [2.05, 4.69) is 12.2 Å². The van der Waals surface area contributed by atoms with Gasteiger partial charge in [0.25, 0.3) is 0 Å². The smallest absolute Gasteiger partial charge is 1.00 e. The summed E-state index contributed by atoms with van der Waals surface area (Å²) in [6, 6.07) is 1.44. The average molecular weight is 172 g/mol. The molecule has 1 unspecified atom stereocenters. The molecule has 0 radical (unpaired) electrons. The van der Waals surface area contributed by atoms with Gasteiger partial charge in [0.05, 0.1) is 0 Å². The molecule has 0 nitrogen and oxygen atoms in total. The van der Waals surface area contributed by atoms with Gasteiger partial charge in [-0.3, -0.25) is 0 Å². The third kappa shape index (κ3) is 1.79. The number of hydrogen-bond acceptors (Lipinski definition) is 0. The summed E-state index contributed by atoms with van der Waals surface area (Å²) in [4.78, 5) is 0. The molecule has 0 aromatic heterocycles. The van der Waals surface area contributed by atoms with Gasteiger partial charge in [-0.15, -0.1) is 0 Å². The Morgan fingerprint density at radius 3 is 2.92 bits per heavy atom. The zero-order chi connectivity index (χ0) is 7.68. The van der Waals surface area contributed by atoms with Crippen LogP contribution in [-0.2, 0) is 0 Å². The molecule has 2 aliphatic rings. The predicted molar refractivity (Wildman–Crippen MR) is 54.0 cm³/mol. The first-order valence-corrected chi connectivity index (χ1v) is 6.23. The SMILES string of the molecule is [H-].[Li+].[SiH3]CC1C=CC2=C1CCCC2. The van der Waals surface area contributed by atoms with Crippen LogP contribution in [0.2, 0.25) is 6.04 Å². The zero-order valence-corrected chi connectivity index (χ0v) is 10.3. The Kier molecular flexibility index (Phi) is 3.90. The minimum absolute atomic E-state index is 0. The minimum atomic E-state index is 0. The molecule has 2 rings (SSSR count). The summed E-state index contributed by atoms with van der Waals surface area (Å²) in [6.07, 6.45) is 10.5. The summed E-state index contributed by atoms with van der Waals surface area (Å²) in [5, 5.41) is 0. The Hall–Kier alpha value is 0.294. The first kappa shape index (κ1) is 10.4. The van der Waals surface area contributed by atoms with Gasteiger partial charge in [0.15, 0.2) is 0 Å². The molecule has 0 N–H and O–H groups in total. The topological polar surface area (TPSA) is 0 Å². The van der Waals surface area contributed by atoms with Gasteiger partial charge in [-0.1, -0.05) is 23.8 Å². The van der Waals surface area contributed by atoms with Crippen LogP contribution in [0.15, 0.2) is 23.3 Å². The fraction of sp³-hybridized carbons (Fsp3) is 0.600. The molecule has 62 valence electrons. The molecule has 0 fully saturated rings. The van der Waals surface area contributed by atoms with Crippen molar-refractivity contribution in [1.82, 2.24) is 0 Å². The Balaban J connectivity index is 0.000000720. The molecule has 1 atom stereocenters. The molecule has 0 saturated heterocycles. The molecule has 12 heavy (non-hydrogen) atoms. The van der Waals surface area contributed by atoms with Crippen LogP contribution in [0.1, 0.15) is 27.1 Å². The van der Waals surface area contributed by atoms with Crippen molar-refractivity contribution in [3.63, 3.8) is 0 Å². The fourth-order valence-corrected chi connectivity index (χ4v) is 3.06. The van der Waals surface area contributed by atoms with Crippen molar-refractivity contribution in [1.29, 1.82) is 0 Å². The Labute approximate surface area is 91.6 Å². The number of rotatable bonds is 1. The molecule has 0 aromatic rings. The van der Waals surface area contributed by atoms with Crippen molar-refractivity contribution in [3.05, 3.63) is 23.3 Å². The molecule has 0 aromatic carbocycles. The van der Waals surface area contributed by atoms with Gasteiger partial charge in [-0.05, 0) is 37.2 Å². The van der Waals surface area contributed by atoms with E-state index in [4.69, 9.17) is 0 Å². The van der Waals surface area contributed by atoms with Crippen molar-refractivity contribution in [2.75, 3.05) is 0 Å². The first-order valence-electron chi connectivity index (χ1n) is 4.82. The van der Waals surface area contributed by atoms with Crippen LogP contribution in [0.25, 0.3) is 0 Å². The van der Waals surface area contributed by atoms with Crippen molar-refractivity contribution in [2.45, 2.75) is 31.7 Å². The second kappa shape index (κ2) is 4.51. The van der Waals surface area contributed by atoms with Gasteiger partial charge in [0, 0.05) is 10.2 Å². The predicted octanol–water partition coefficient (Wildman–Crippen LogP) is -1.06. The molecule has 0 spiro atoms. The monoisotopic (exact) mass is 172 g/mol. The maximum absolute atomic E-state index is 2.43. The van der Waals surface area contributed by atoms with E-state index in [1.165, 1.54) is 42.0 Å². The second-order valence-electron chi connectivity index (χ2n) is 3.63. The van der Waals surface area contributed by atoms with Crippen molar-refractivity contribution in [3.8, 4) is 0 Å². The summed E-state index contributed by atoms with van der Waals surface area (Å²) in [7, 11) is 1.36. The van der Waals surface area contributed by atoms with Crippen LogP contribution in [-0.4, -0.2) is 10.2 Å². The molecule has 0 amide bonds. The maximum Gasteiger partial charge on any atom is 1.00 e. The van der Waals surface area contributed by atoms with E-state index in [0.717, 1.165) is 5.92 Å². The normalized spacial score (nSPS) is 27.2. The molecule has 2 heteroatoms. The van der Waals surface area contributed by atoms with Crippen molar-refractivity contribution >= 4 is 10.2 Å². The van der Waals surface area contributed by atoms with E-state index in [0.29, 0.717) is 0 Å². The van der Waals surface area contributed by atoms with Crippen LogP contribution in [0.3, 0.4) is 0 Å². The van der Waals surface area contributed by atoms with E-state index in [-0.39, 0.29) is 20.3 Å². The fourth-order valence-electron chi connectivity index (χ4n) is 2.30. The van der Waals surface area contributed by atoms with Crippen LogP contribution in [0, 0.1) is 5.92 Å². The van der Waals surface area contributed by atoms with Gasteiger partial charge < -0.3 is 1.43 Å². The summed E-state index contributed by atoms with van der Waals surface area (Å²) < 4.78 is 0. The van der Waals surface area contributed by atoms with Crippen LogP contribution < -0.4 is 18.9 Å². The third-order valence-corrected chi connectivity index (χ3v) is 3.85. The van der Waals surface area contributed by atoms with Gasteiger partial charge in [0.2, 0.25) is 0 Å². The van der Waals surface area contributed by atoms with E-state index in [9.17, 15) is 0 Å². The van der Waals surface area contributed by atoms with E-state index in [1.807, 2.05) is 0 Å². The van der Waals surface area contributed by atoms with Gasteiger partial charge in [-0.25, -0.2) is 0 Å². The molecular weight excluding hydrogens is 155 g/mol. The molecule has 0 aliphatic heterocycles. The maximum atomic E-state index is 2.43. The molecule has 0 heterocycles. The number of hydrogen-bond donors (Lipinski definition) is 0. The Morgan fingerprint density at radius 1 is 1.42 bits per heavy atom. The van der Waals surface area contributed by atoms with Crippen LogP contribution in [0.4, 0.5) is 0 Å². The first-order chi connectivity index (χ1) is 5.42. The number of allylic oxidation sites excluding steroid dienone is 4. The second-order valence-corrected chi connectivity index (χ2v) is 4.45. The Morgan fingerprint density at radius 2 is 2.17 bits per heavy atom. The van der Waals surface area contributed by atoms with Gasteiger partial charge in [0.1, 0.15) is 0 Å². The van der Waals surface area contributed by atoms with Crippen LogP contribution in [0.5, 0.6) is 0 Å². The Bertz CT molecular complexity index is 223. The molecule has 0 bridgehead atoms. The molecule has 0 saturated carbocycles. The third-order valence-electron chi connectivity index (χ3n) is 2.97. The van der Waals surface area contributed by atoms with Gasteiger partial charge >= 0.3 is 18.9 Å². The zero-order valence-electron chi connectivity index (χ0n) is 9.27. The van der Waals surface area contributed by atoms with E-state index < -0.39 is 0 Å².